The fraction of sp³-hybridized carbons (Fsp3) is 1.00. The Bertz CT molecular complexity index is 22.5. The molecular weight excluding hydrogens is 60.0 g/mol. The first-order chi connectivity index (χ1) is 1.89. The lowest BCUT2D eigenvalue weighted by Crippen LogP contribution is -1.68. The molecule has 0 aliphatic carbocycles. The lowest BCUT2D eigenvalue weighted by Gasteiger charge is -1.45. The van der Waals surface area contributed by atoms with E-state index in [1.807, 2.05) is 0 Å². The minimum atomic E-state index is -0.917. The average molecular weight is 62.0 g/mol. The molecule has 0 aromatic carbocycles. The number of aliphatic hydroxyl groups excluding tert-OH is 1. The summed E-state index contributed by atoms with van der Waals surface area (Å²) in [6.45, 7) is -0.917. The highest BCUT2D eigenvalue weighted by Gasteiger charge is 2.19. The van der Waals surface area contributed by atoms with Crippen LogP contribution >= 0.6 is 0 Å². The summed E-state index contributed by atoms with van der Waals surface area (Å²) in [6, 6.07) is 0. The SMILES string of the molecule is OC1OO1. The third kappa shape index (κ3) is 0.176. The molecule has 1 N–H and O–H groups in total. The van der Waals surface area contributed by atoms with Gasteiger partial charge in [-0.3, -0.25) is 0 Å². The van der Waals surface area contributed by atoms with Gasteiger partial charge < -0.3 is 5.11 Å². The molecule has 0 aromatic rings. The second-order valence-corrected chi connectivity index (χ2v) is 0.499. The van der Waals surface area contributed by atoms with E-state index in [-0.39, 0.29) is 0 Å². The average Bonchev–Trinajstić information content (AvgIpc) is 1.75. The molecule has 0 spiro atoms. The van der Waals surface area contributed by atoms with Crippen molar-refractivity contribution in [2.24, 2.45) is 0 Å². The Morgan fingerprint density at radius 2 is 1.75 bits per heavy atom. The lowest BCUT2D eigenvalue weighted by molar-refractivity contribution is 0.0850. The van der Waals surface area contributed by atoms with Crippen molar-refractivity contribution >= 4 is 0 Å². The van der Waals surface area contributed by atoms with E-state index in [0.717, 1.165) is 0 Å². The van der Waals surface area contributed by atoms with Gasteiger partial charge in [0.15, 0.2) is 0 Å². The smallest absolute Gasteiger partial charge is 0.327 e. The van der Waals surface area contributed by atoms with Crippen molar-refractivity contribution in [1.29, 1.82) is 0 Å². The molecule has 0 saturated carbocycles. The second kappa shape index (κ2) is 0.427. The third-order valence-corrected chi connectivity index (χ3v) is 0.182. The van der Waals surface area contributed by atoms with E-state index in [0.29, 0.717) is 0 Å². The molecule has 1 saturated heterocycles. The van der Waals surface area contributed by atoms with Crippen LogP contribution in [0.1, 0.15) is 0 Å². The van der Waals surface area contributed by atoms with Crippen molar-refractivity contribution in [1.82, 2.24) is 0 Å². The molecular formula is CH2O3. The van der Waals surface area contributed by atoms with Gasteiger partial charge in [0.05, 0.1) is 0 Å². The Hall–Kier alpha value is -0.120. The molecule has 0 aromatic heterocycles. The quantitative estimate of drug-likeness (QED) is 0.296. The molecule has 3 heteroatoms. The van der Waals surface area contributed by atoms with Crippen LogP contribution in [0.3, 0.4) is 0 Å². The van der Waals surface area contributed by atoms with Crippen molar-refractivity contribution in [3.05, 3.63) is 0 Å². The van der Waals surface area contributed by atoms with Crippen LogP contribution in [0.5, 0.6) is 0 Å². The van der Waals surface area contributed by atoms with Crippen molar-refractivity contribution in [2.75, 3.05) is 0 Å². The van der Waals surface area contributed by atoms with Crippen LogP contribution in [-0.4, -0.2) is 11.6 Å². The van der Waals surface area contributed by atoms with Crippen molar-refractivity contribution in [3.8, 4) is 0 Å². The van der Waals surface area contributed by atoms with Gasteiger partial charge in [0.2, 0.25) is 0 Å². The Morgan fingerprint density at radius 3 is 1.75 bits per heavy atom. The zero-order chi connectivity index (χ0) is 2.99. The molecule has 3 nitrogen and oxygen atoms in total. The molecule has 24 valence electrons. The monoisotopic (exact) mass is 62.0 g/mol. The number of hydrogen-bond acceptors (Lipinski definition) is 3. The van der Waals surface area contributed by atoms with Crippen LogP contribution in [0.2, 0.25) is 0 Å². The summed E-state index contributed by atoms with van der Waals surface area (Å²) in [4.78, 5) is 7.53. The Labute approximate surface area is 22.7 Å². The molecule has 4 heavy (non-hydrogen) atoms. The number of aliphatic hydroxyl groups is 1. The van der Waals surface area contributed by atoms with E-state index < -0.39 is 6.48 Å². The molecule has 1 fully saturated rings. The highest BCUT2D eigenvalue weighted by Crippen LogP contribution is 2.04. The Kier molecular flexibility index (Phi) is 0.228. The van der Waals surface area contributed by atoms with Crippen molar-refractivity contribution in [3.63, 3.8) is 0 Å². The van der Waals surface area contributed by atoms with Crippen LogP contribution in [0, 0.1) is 0 Å². The fourth-order valence-electron chi connectivity index (χ4n) is 0.0248. The summed E-state index contributed by atoms with van der Waals surface area (Å²) >= 11 is 0. The second-order valence-electron chi connectivity index (χ2n) is 0.499. The van der Waals surface area contributed by atoms with E-state index in [1.165, 1.54) is 0 Å². The highest BCUT2D eigenvalue weighted by molar-refractivity contribution is 4.06. The first-order valence-corrected chi connectivity index (χ1v) is 0.896. The molecule has 0 radical (unpaired) electrons. The van der Waals surface area contributed by atoms with E-state index in [2.05, 4.69) is 9.78 Å². The van der Waals surface area contributed by atoms with Gasteiger partial charge in [-0.05, 0) is 0 Å². The van der Waals surface area contributed by atoms with E-state index in [4.69, 9.17) is 5.11 Å². The molecule has 1 heterocycles. The molecule has 1 rings (SSSR count). The summed E-state index contributed by atoms with van der Waals surface area (Å²) in [5.74, 6) is 0. The fourth-order valence-corrected chi connectivity index (χ4v) is 0.0248. The van der Waals surface area contributed by atoms with Gasteiger partial charge in [0, 0.05) is 0 Å². The maximum absolute atomic E-state index is 7.72. The summed E-state index contributed by atoms with van der Waals surface area (Å²) in [6.07, 6.45) is 0. The largest absolute Gasteiger partial charge is 0.342 e. The maximum atomic E-state index is 7.72. The topological polar surface area (TPSA) is 45.3 Å². The van der Waals surface area contributed by atoms with Gasteiger partial charge in [0.25, 0.3) is 0 Å². The maximum Gasteiger partial charge on any atom is 0.327 e. The summed E-state index contributed by atoms with van der Waals surface area (Å²) in [5.41, 5.74) is 0. The predicted octanol–water partition coefficient (Wildman–Crippen LogP) is -0.776. The zero-order valence-corrected chi connectivity index (χ0v) is 1.84. The first kappa shape index (κ1) is 2.14. The zero-order valence-electron chi connectivity index (χ0n) is 1.84. The van der Waals surface area contributed by atoms with Gasteiger partial charge in [-0.25, -0.2) is 0 Å². The lowest BCUT2D eigenvalue weighted by atomic mass is 11.4. The predicted molar refractivity (Wildman–Crippen MR) is 8.18 cm³/mol. The molecule has 0 bridgehead atoms. The standard InChI is InChI=1S/CH2O3/c2-1-3-4-1/h1-2H. The Balaban J connectivity index is 2.17. The number of hydrogen-bond donors (Lipinski definition) is 1. The molecule has 0 amide bonds. The van der Waals surface area contributed by atoms with E-state index in [1.54, 1.807) is 0 Å². The van der Waals surface area contributed by atoms with Crippen molar-refractivity contribution in [2.45, 2.75) is 6.48 Å². The van der Waals surface area contributed by atoms with Gasteiger partial charge in [-0.1, -0.05) is 0 Å². The summed E-state index contributed by atoms with van der Waals surface area (Å²) in [7, 11) is 0. The van der Waals surface area contributed by atoms with Crippen LogP contribution in [0.25, 0.3) is 0 Å². The number of rotatable bonds is 0. The minimum Gasteiger partial charge on any atom is -0.342 e. The van der Waals surface area contributed by atoms with Crippen molar-refractivity contribution < 1.29 is 14.9 Å². The van der Waals surface area contributed by atoms with Gasteiger partial charge in [-0.2, -0.15) is 9.78 Å². The minimum absolute atomic E-state index is 0.917. The molecule has 1 aliphatic rings. The Morgan fingerprint density at radius 1 is 1.50 bits per heavy atom. The van der Waals surface area contributed by atoms with Crippen LogP contribution in [0.15, 0.2) is 0 Å². The third-order valence-electron chi connectivity index (χ3n) is 0.182. The van der Waals surface area contributed by atoms with Gasteiger partial charge >= 0.3 is 6.48 Å². The normalized spacial score (nSPS) is 26.2. The van der Waals surface area contributed by atoms with Crippen LogP contribution in [-0.2, 0) is 9.78 Å². The van der Waals surface area contributed by atoms with Crippen LogP contribution < -0.4 is 0 Å². The molecule has 1 aliphatic heterocycles. The molecule has 0 unspecified atom stereocenters. The van der Waals surface area contributed by atoms with E-state index in [9.17, 15) is 0 Å². The van der Waals surface area contributed by atoms with Crippen LogP contribution in [0.4, 0.5) is 0 Å². The summed E-state index contributed by atoms with van der Waals surface area (Å²) < 4.78 is 0. The summed E-state index contributed by atoms with van der Waals surface area (Å²) in [5, 5.41) is 7.72. The van der Waals surface area contributed by atoms with Gasteiger partial charge in [-0.15, -0.1) is 0 Å². The molecule has 0 atom stereocenters. The van der Waals surface area contributed by atoms with Gasteiger partial charge in [0.1, 0.15) is 0 Å². The highest BCUT2D eigenvalue weighted by atomic mass is 17.4. The van der Waals surface area contributed by atoms with E-state index >= 15 is 0 Å². The first-order valence-electron chi connectivity index (χ1n) is 0.896.